The maximum atomic E-state index is 13.5. The zero-order valence-corrected chi connectivity index (χ0v) is 38.1. The molecule has 1 saturated heterocycles. The lowest BCUT2D eigenvalue weighted by atomic mass is 9.49. The summed E-state index contributed by atoms with van der Waals surface area (Å²) in [6.45, 7) is 11.4. The number of H-pyrrole nitrogens is 1. The summed E-state index contributed by atoms with van der Waals surface area (Å²) in [5, 5.41) is 13.4. The zero-order chi connectivity index (χ0) is 45.6. The first-order valence-corrected chi connectivity index (χ1v) is 23.3. The standard InChI is InChI=1S/C47H50ClN9O6S/c1-7-64(60,61)33-12-13-38(35(21-33)36-27-56(6)42(59)40-34(36)14-17-50-40)63-39-26-51-31(25-52-39)10-8-28-15-18-57(19-16-28)45-53-23-30(24-54-45)41(58)55-43-46(2,3)44(47(43,4)5)62-32-11-9-29(22-49)37(48)20-32/h9,11-14,17,20-21,23-28,43-44,50H,7-8,10,15-16,18-19H2,1-6H3,(H,55,58). The van der Waals surface area contributed by atoms with Crippen LogP contribution in [0.4, 0.5) is 5.95 Å². The van der Waals surface area contributed by atoms with Crippen molar-refractivity contribution < 1.29 is 22.7 Å². The number of piperidine rings is 1. The van der Waals surface area contributed by atoms with Gasteiger partial charge in [-0.2, -0.15) is 5.26 Å². The third-order valence-corrected chi connectivity index (χ3v) is 14.9. The van der Waals surface area contributed by atoms with Gasteiger partial charge in [-0.15, -0.1) is 0 Å². The average molecular weight is 904 g/mol. The summed E-state index contributed by atoms with van der Waals surface area (Å²) in [4.78, 5) is 49.9. The largest absolute Gasteiger partial charge is 0.489 e. The van der Waals surface area contributed by atoms with Gasteiger partial charge in [0, 0.05) is 84.4 Å². The van der Waals surface area contributed by atoms with Crippen LogP contribution < -0.4 is 25.2 Å². The number of amides is 1. The van der Waals surface area contributed by atoms with E-state index in [4.69, 9.17) is 21.1 Å². The lowest BCUT2D eigenvalue weighted by molar-refractivity contribution is -0.164. The maximum Gasteiger partial charge on any atom is 0.274 e. The molecule has 15 nitrogen and oxygen atoms in total. The molecule has 1 saturated carbocycles. The predicted octanol–water partition coefficient (Wildman–Crippen LogP) is 7.69. The van der Waals surface area contributed by atoms with E-state index in [1.165, 1.54) is 10.6 Å². The third-order valence-electron chi connectivity index (χ3n) is 12.8. The van der Waals surface area contributed by atoms with Crippen LogP contribution in [0, 0.1) is 28.1 Å². The number of carbonyl (C=O) groups is 1. The van der Waals surface area contributed by atoms with E-state index in [9.17, 15) is 23.3 Å². The van der Waals surface area contributed by atoms with Crippen molar-refractivity contribution in [2.45, 2.75) is 77.3 Å². The number of benzene rings is 2. The second kappa shape index (κ2) is 17.3. The Morgan fingerprint density at radius 1 is 0.984 bits per heavy atom. The van der Waals surface area contributed by atoms with E-state index in [0.29, 0.717) is 61.5 Å². The van der Waals surface area contributed by atoms with Crippen LogP contribution in [0.5, 0.6) is 17.4 Å². The van der Waals surface area contributed by atoms with E-state index in [1.54, 1.807) is 87.6 Å². The van der Waals surface area contributed by atoms with E-state index >= 15 is 0 Å². The lowest BCUT2D eigenvalue weighted by Gasteiger charge is -2.63. The molecule has 0 atom stereocenters. The summed E-state index contributed by atoms with van der Waals surface area (Å²) in [7, 11) is -1.89. The number of nitrogens with zero attached hydrogens (tertiary/aromatic N) is 7. The van der Waals surface area contributed by atoms with Gasteiger partial charge in [-0.25, -0.2) is 23.4 Å². The molecule has 2 N–H and O–H groups in total. The molecule has 1 aliphatic carbocycles. The van der Waals surface area contributed by atoms with E-state index in [2.05, 4.69) is 68.9 Å². The van der Waals surface area contributed by atoms with Crippen LogP contribution in [0.25, 0.3) is 22.0 Å². The fourth-order valence-electron chi connectivity index (χ4n) is 9.48. The number of hydrogen-bond acceptors (Lipinski definition) is 12. The van der Waals surface area contributed by atoms with Gasteiger partial charge in [0.1, 0.15) is 29.2 Å². The van der Waals surface area contributed by atoms with Gasteiger partial charge in [-0.1, -0.05) is 46.2 Å². The van der Waals surface area contributed by atoms with Crippen molar-refractivity contribution in [3.8, 4) is 34.6 Å². The number of sulfone groups is 1. The number of rotatable bonds is 13. The Morgan fingerprint density at radius 3 is 2.38 bits per heavy atom. The van der Waals surface area contributed by atoms with Crippen molar-refractivity contribution in [1.82, 2.24) is 34.8 Å². The number of aromatic nitrogens is 6. The quantitative estimate of drug-likeness (QED) is 0.115. The fraction of sp³-hybridized carbons (Fsp3) is 0.383. The normalized spacial score (nSPS) is 18.2. The summed E-state index contributed by atoms with van der Waals surface area (Å²) < 4.78 is 39.8. The molecule has 0 spiro atoms. The highest BCUT2D eigenvalue weighted by molar-refractivity contribution is 7.91. The van der Waals surface area contributed by atoms with Crippen LogP contribution in [0.3, 0.4) is 0 Å². The van der Waals surface area contributed by atoms with Gasteiger partial charge < -0.3 is 29.2 Å². The predicted molar refractivity (Wildman–Crippen MR) is 243 cm³/mol. The molecule has 8 rings (SSSR count). The van der Waals surface area contributed by atoms with E-state index in [1.807, 2.05) is 0 Å². The third kappa shape index (κ3) is 8.54. The Hall–Kier alpha value is -6.31. The number of anilines is 1. The molecule has 4 aromatic heterocycles. The Labute approximate surface area is 376 Å². The van der Waals surface area contributed by atoms with Crippen molar-refractivity contribution in [2.24, 2.45) is 23.8 Å². The second-order valence-electron chi connectivity index (χ2n) is 17.8. The first kappa shape index (κ1) is 44.3. The smallest absolute Gasteiger partial charge is 0.274 e. The van der Waals surface area contributed by atoms with Crippen molar-refractivity contribution in [3.05, 3.63) is 112 Å². The number of carbonyl (C=O) groups excluding carboxylic acids is 1. The molecule has 5 heterocycles. The topological polar surface area (TPSA) is 198 Å². The summed E-state index contributed by atoms with van der Waals surface area (Å²) in [6, 6.07) is 13.4. The molecule has 0 radical (unpaired) electrons. The fourth-order valence-corrected chi connectivity index (χ4v) is 10.6. The first-order chi connectivity index (χ1) is 30.5. The second-order valence-corrected chi connectivity index (χ2v) is 20.5. The number of fused-ring (bicyclic) bond motifs is 1. The van der Waals surface area contributed by atoms with E-state index in [-0.39, 0.29) is 40.1 Å². The Bertz CT molecular complexity index is 2920. The maximum absolute atomic E-state index is 13.5. The van der Waals surface area contributed by atoms with Crippen LogP contribution in [0.15, 0.2) is 89.3 Å². The van der Waals surface area contributed by atoms with Crippen LogP contribution >= 0.6 is 11.6 Å². The number of hydrogen-bond donors (Lipinski definition) is 2. The van der Waals surface area contributed by atoms with E-state index < -0.39 is 20.7 Å². The number of halogens is 1. The Kier molecular flexibility index (Phi) is 12.0. The highest BCUT2D eigenvalue weighted by atomic mass is 35.5. The van der Waals surface area contributed by atoms with Crippen LogP contribution in [-0.4, -0.2) is 74.8 Å². The van der Waals surface area contributed by atoms with Crippen LogP contribution in [-0.2, 0) is 23.3 Å². The SMILES string of the molecule is CCS(=O)(=O)c1ccc(Oc2cnc(CCC3CCN(c4ncc(C(=O)NC5C(C)(C)C(Oc6ccc(C#N)c(Cl)c6)C5(C)C)cn4)CC3)cn2)c(-c2cn(C)c(=O)c3[nH]ccc23)c1. The van der Waals surface area contributed by atoms with Gasteiger partial charge in [0.05, 0.1) is 44.9 Å². The molecule has 2 aromatic carbocycles. The van der Waals surface area contributed by atoms with Gasteiger partial charge in [-0.3, -0.25) is 14.6 Å². The van der Waals surface area contributed by atoms with Crippen LogP contribution in [0.2, 0.25) is 5.02 Å². The highest BCUT2D eigenvalue weighted by Crippen LogP contribution is 2.55. The Balaban J connectivity index is 0.841. The zero-order valence-electron chi connectivity index (χ0n) is 36.6. The minimum atomic E-state index is -3.53. The molecule has 2 aliphatic rings. The number of pyridine rings is 1. The summed E-state index contributed by atoms with van der Waals surface area (Å²) in [5.74, 6) is 1.96. The number of nitriles is 1. The van der Waals surface area contributed by atoms with Gasteiger partial charge in [-0.05, 0) is 68.0 Å². The molecule has 0 bridgehead atoms. The minimum absolute atomic E-state index is 0.0611. The molecule has 1 aliphatic heterocycles. The first-order valence-electron chi connectivity index (χ1n) is 21.3. The van der Waals surface area contributed by atoms with Gasteiger partial charge in [0.25, 0.3) is 11.5 Å². The van der Waals surface area contributed by atoms with Crippen LogP contribution in [0.1, 0.15) is 75.5 Å². The van der Waals surface area contributed by atoms with E-state index in [0.717, 1.165) is 44.5 Å². The number of aryl methyl sites for hydroxylation is 2. The Morgan fingerprint density at radius 2 is 1.72 bits per heavy atom. The molecular weight excluding hydrogens is 854 g/mol. The lowest BCUT2D eigenvalue weighted by Crippen LogP contribution is -2.74. The van der Waals surface area contributed by atoms with Gasteiger partial charge in [0.15, 0.2) is 9.84 Å². The molecule has 1 amide bonds. The van der Waals surface area contributed by atoms with Gasteiger partial charge in [0.2, 0.25) is 11.8 Å². The molecule has 2 fully saturated rings. The van der Waals surface area contributed by atoms with Crippen molar-refractivity contribution in [3.63, 3.8) is 0 Å². The van der Waals surface area contributed by atoms with Crippen molar-refractivity contribution in [1.29, 1.82) is 5.26 Å². The minimum Gasteiger partial charge on any atom is -0.489 e. The summed E-state index contributed by atoms with van der Waals surface area (Å²) in [5.41, 5.74) is 2.14. The molecule has 0 unspecified atom stereocenters. The molecule has 332 valence electrons. The number of ether oxygens (including phenoxy) is 2. The van der Waals surface area contributed by atoms with Crippen molar-refractivity contribution in [2.75, 3.05) is 23.7 Å². The molecule has 64 heavy (non-hydrogen) atoms. The number of aromatic amines is 1. The molecular formula is C47H50ClN9O6S. The molecule has 6 aromatic rings. The number of nitrogens with one attached hydrogen (secondary N) is 2. The molecule has 17 heteroatoms. The average Bonchev–Trinajstić information content (AvgIpc) is 3.79. The summed E-state index contributed by atoms with van der Waals surface area (Å²) >= 11 is 6.25. The van der Waals surface area contributed by atoms with Gasteiger partial charge >= 0.3 is 0 Å². The monoisotopic (exact) mass is 903 g/mol. The summed E-state index contributed by atoms with van der Waals surface area (Å²) in [6.07, 6.45) is 13.2. The van der Waals surface area contributed by atoms with Crippen molar-refractivity contribution >= 4 is 44.2 Å². The highest BCUT2D eigenvalue weighted by Gasteiger charge is 2.64.